The fraction of sp³-hybridized carbons (Fsp3) is 0.350. The van der Waals surface area contributed by atoms with Crippen LogP contribution in [0.25, 0.3) is 0 Å². The third-order valence-corrected chi connectivity index (χ3v) is 4.98. The van der Waals surface area contributed by atoms with Crippen molar-refractivity contribution in [3.8, 4) is 5.75 Å². The molecule has 0 aliphatic carbocycles. The summed E-state index contributed by atoms with van der Waals surface area (Å²) in [6.45, 7) is 4.67. The molecule has 4 heteroatoms. The van der Waals surface area contributed by atoms with Crippen LogP contribution in [0.4, 0.5) is 11.4 Å². The number of amides is 1. The largest absolute Gasteiger partial charge is 0.492 e. The van der Waals surface area contributed by atoms with Crippen molar-refractivity contribution in [2.24, 2.45) is 5.92 Å². The van der Waals surface area contributed by atoms with Gasteiger partial charge in [0.25, 0.3) is 0 Å². The maximum atomic E-state index is 12.6. The van der Waals surface area contributed by atoms with Gasteiger partial charge in [-0.25, -0.2) is 0 Å². The smallest absolute Gasteiger partial charge is 0.231 e. The van der Waals surface area contributed by atoms with E-state index in [1.807, 2.05) is 30.3 Å². The molecule has 4 nitrogen and oxygen atoms in total. The highest BCUT2D eigenvalue weighted by atomic mass is 16.5. The van der Waals surface area contributed by atoms with Crippen LogP contribution in [0, 0.1) is 5.92 Å². The lowest BCUT2D eigenvalue weighted by atomic mass is 9.96. The minimum atomic E-state index is -0.143. The minimum Gasteiger partial charge on any atom is -0.492 e. The van der Waals surface area contributed by atoms with Crippen molar-refractivity contribution < 1.29 is 9.53 Å². The molecule has 2 aromatic rings. The SMILES string of the molecule is CCN1CCc2ccc(NC(=O)C3COc4ccccc4C3)cc21. The van der Waals surface area contributed by atoms with Gasteiger partial charge in [0.2, 0.25) is 5.91 Å². The summed E-state index contributed by atoms with van der Waals surface area (Å²) < 4.78 is 5.73. The predicted molar refractivity (Wildman–Crippen MR) is 95.8 cm³/mol. The van der Waals surface area contributed by atoms with Gasteiger partial charge in [-0.3, -0.25) is 4.79 Å². The maximum Gasteiger partial charge on any atom is 0.231 e. The molecule has 2 aromatic carbocycles. The molecule has 0 radical (unpaired) electrons. The van der Waals surface area contributed by atoms with Crippen LogP contribution in [0.2, 0.25) is 0 Å². The summed E-state index contributed by atoms with van der Waals surface area (Å²) in [5.41, 5.74) is 4.60. The van der Waals surface area contributed by atoms with E-state index in [9.17, 15) is 4.79 Å². The highest BCUT2D eigenvalue weighted by Crippen LogP contribution is 2.31. The summed E-state index contributed by atoms with van der Waals surface area (Å²) in [7, 11) is 0. The van der Waals surface area contributed by atoms with Crippen molar-refractivity contribution in [2.45, 2.75) is 19.8 Å². The van der Waals surface area contributed by atoms with Crippen molar-refractivity contribution in [1.82, 2.24) is 0 Å². The van der Waals surface area contributed by atoms with Crippen molar-refractivity contribution in [3.05, 3.63) is 53.6 Å². The third-order valence-electron chi connectivity index (χ3n) is 4.98. The Kier molecular flexibility index (Phi) is 3.89. The van der Waals surface area contributed by atoms with Crippen LogP contribution in [0.5, 0.6) is 5.75 Å². The van der Waals surface area contributed by atoms with Gasteiger partial charge in [-0.1, -0.05) is 24.3 Å². The van der Waals surface area contributed by atoms with Crippen molar-refractivity contribution in [2.75, 3.05) is 29.9 Å². The van der Waals surface area contributed by atoms with Crippen LogP contribution in [0.1, 0.15) is 18.1 Å². The second kappa shape index (κ2) is 6.19. The van der Waals surface area contributed by atoms with Crippen molar-refractivity contribution >= 4 is 17.3 Å². The minimum absolute atomic E-state index is 0.0329. The van der Waals surface area contributed by atoms with Gasteiger partial charge in [-0.05, 0) is 49.1 Å². The Morgan fingerprint density at radius 2 is 2.12 bits per heavy atom. The molecular weight excluding hydrogens is 300 g/mol. The lowest BCUT2D eigenvalue weighted by Gasteiger charge is -2.24. The summed E-state index contributed by atoms with van der Waals surface area (Å²) in [6, 6.07) is 14.2. The molecule has 0 saturated heterocycles. The van der Waals surface area contributed by atoms with E-state index in [-0.39, 0.29) is 11.8 Å². The summed E-state index contributed by atoms with van der Waals surface area (Å²) in [4.78, 5) is 15.0. The fourth-order valence-corrected chi connectivity index (χ4v) is 3.59. The van der Waals surface area contributed by atoms with Crippen LogP contribution in [-0.2, 0) is 17.6 Å². The highest BCUT2D eigenvalue weighted by molar-refractivity contribution is 5.93. The molecule has 0 bridgehead atoms. The van der Waals surface area contributed by atoms with Crippen LogP contribution in [0.15, 0.2) is 42.5 Å². The summed E-state index contributed by atoms with van der Waals surface area (Å²) >= 11 is 0. The lowest BCUT2D eigenvalue weighted by molar-refractivity contribution is -0.121. The number of rotatable bonds is 3. The zero-order valence-electron chi connectivity index (χ0n) is 13.9. The summed E-state index contributed by atoms with van der Waals surface area (Å²) in [5, 5.41) is 3.07. The van der Waals surface area contributed by atoms with E-state index in [4.69, 9.17) is 4.74 Å². The van der Waals surface area contributed by atoms with Gasteiger partial charge in [0.05, 0.1) is 5.92 Å². The number of anilines is 2. The van der Waals surface area contributed by atoms with Gasteiger partial charge in [0.15, 0.2) is 0 Å². The molecule has 124 valence electrons. The Hall–Kier alpha value is -2.49. The molecule has 1 N–H and O–H groups in total. The summed E-state index contributed by atoms with van der Waals surface area (Å²) in [6.07, 6.45) is 1.82. The van der Waals surface area contributed by atoms with Crippen LogP contribution in [0.3, 0.4) is 0 Å². The van der Waals surface area contributed by atoms with Gasteiger partial charge in [0.1, 0.15) is 12.4 Å². The number of hydrogen-bond acceptors (Lipinski definition) is 3. The van der Waals surface area contributed by atoms with E-state index in [2.05, 4.69) is 29.3 Å². The number of hydrogen-bond donors (Lipinski definition) is 1. The second-order valence-corrected chi connectivity index (χ2v) is 6.48. The van der Waals surface area contributed by atoms with Crippen LogP contribution in [-0.4, -0.2) is 25.6 Å². The quantitative estimate of drug-likeness (QED) is 0.943. The number of nitrogens with zero attached hydrogens (tertiary/aromatic N) is 1. The van der Waals surface area contributed by atoms with Crippen LogP contribution >= 0.6 is 0 Å². The zero-order valence-corrected chi connectivity index (χ0v) is 13.9. The molecule has 4 rings (SSSR count). The Morgan fingerprint density at radius 3 is 3.00 bits per heavy atom. The van der Waals surface area contributed by atoms with Crippen LogP contribution < -0.4 is 15.0 Å². The zero-order chi connectivity index (χ0) is 16.5. The number of para-hydroxylation sites is 1. The fourth-order valence-electron chi connectivity index (χ4n) is 3.59. The van der Waals surface area contributed by atoms with E-state index in [1.54, 1.807) is 0 Å². The number of carbonyl (C=O) groups is 1. The molecule has 1 atom stereocenters. The van der Waals surface area contributed by atoms with Gasteiger partial charge in [0, 0.05) is 24.5 Å². The number of ether oxygens (including phenoxy) is 1. The molecule has 2 aliphatic heterocycles. The Labute approximate surface area is 142 Å². The summed E-state index contributed by atoms with van der Waals surface area (Å²) in [5.74, 6) is 0.790. The molecule has 2 aliphatic rings. The monoisotopic (exact) mass is 322 g/mol. The molecule has 24 heavy (non-hydrogen) atoms. The topological polar surface area (TPSA) is 41.6 Å². The van der Waals surface area contributed by atoms with Gasteiger partial charge in [-0.2, -0.15) is 0 Å². The standard InChI is InChI=1S/C20H22N2O2/c1-2-22-10-9-14-7-8-17(12-18(14)22)21-20(23)16-11-15-5-3-4-6-19(15)24-13-16/h3-8,12,16H,2,9-11,13H2,1H3,(H,21,23). The molecule has 1 amide bonds. The molecular formula is C20H22N2O2. The average Bonchev–Trinajstić information content (AvgIpc) is 3.03. The normalized spacial score (nSPS) is 18.5. The first kappa shape index (κ1) is 15.1. The predicted octanol–water partition coefficient (Wildman–Crippen LogP) is 3.26. The lowest BCUT2D eigenvalue weighted by Crippen LogP contribution is -2.32. The third kappa shape index (κ3) is 2.73. The highest BCUT2D eigenvalue weighted by Gasteiger charge is 2.26. The first-order valence-corrected chi connectivity index (χ1v) is 8.64. The molecule has 1 unspecified atom stereocenters. The maximum absolute atomic E-state index is 12.6. The second-order valence-electron chi connectivity index (χ2n) is 6.48. The van der Waals surface area contributed by atoms with Gasteiger partial charge < -0.3 is 15.0 Å². The van der Waals surface area contributed by atoms with Gasteiger partial charge >= 0.3 is 0 Å². The van der Waals surface area contributed by atoms with E-state index in [0.717, 1.165) is 42.9 Å². The molecule has 2 heterocycles. The van der Waals surface area contributed by atoms with E-state index < -0.39 is 0 Å². The van der Waals surface area contributed by atoms with Gasteiger partial charge in [-0.15, -0.1) is 0 Å². The Morgan fingerprint density at radius 1 is 1.25 bits per heavy atom. The number of nitrogens with one attached hydrogen (secondary N) is 1. The molecule has 0 spiro atoms. The first-order chi connectivity index (χ1) is 11.7. The van der Waals surface area contributed by atoms with Crippen molar-refractivity contribution in [3.63, 3.8) is 0 Å². The Bertz CT molecular complexity index is 772. The Balaban J connectivity index is 1.47. The van der Waals surface area contributed by atoms with E-state index in [0.29, 0.717) is 6.61 Å². The number of benzene rings is 2. The molecule has 0 fully saturated rings. The molecule has 0 aromatic heterocycles. The number of carbonyl (C=O) groups excluding carboxylic acids is 1. The molecule has 0 saturated carbocycles. The number of fused-ring (bicyclic) bond motifs is 2. The van der Waals surface area contributed by atoms with E-state index in [1.165, 1.54) is 11.3 Å². The van der Waals surface area contributed by atoms with Crippen molar-refractivity contribution in [1.29, 1.82) is 0 Å². The average molecular weight is 322 g/mol. The number of likely N-dealkylation sites (N-methyl/N-ethyl adjacent to an activating group) is 1. The van der Waals surface area contributed by atoms with E-state index >= 15 is 0 Å². The first-order valence-electron chi connectivity index (χ1n) is 8.64.